The van der Waals surface area contributed by atoms with Crippen LogP contribution in [0.5, 0.6) is 0 Å². The molecule has 2 nitrogen and oxygen atoms in total. The van der Waals surface area contributed by atoms with Crippen LogP contribution in [0.25, 0.3) is 10.9 Å². The summed E-state index contributed by atoms with van der Waals surface area (Å²) in [6.45, 7) is 0. The van der Waals surface area contributed by atoms with Crippen LogP contribution in [0, 0.1) is 11.6 Å². The minimum absolute atomic E-state index is 0.0793. The monoisotopic (exact) mass is 335 g/mol. The second-order valence-corrected chi connectivity index (χ2v) is 5.09. The zero-order valence-electron chi connectivity index (χ0n) is 10.1. The highest BCUT2D eigenvalue weighted by Gasteiger charge is 2.20. The fourth-order valence-electron chi connectivity index (χ4n) is 2.14. The molecule has 0 spiro atoms. The highest BCUT2D eigenvalue weighted by atomic mass is 79.9. The Balaban J connectivity index is 2.21. The molecule has 0 fully saturated rings. The number of carbonyl (C=O) groups excluding carboxylic acids is 1. The van der Waals surface area contributed by atoms with Crippen LogP contribution < -0.4 is 0 Å². The maximum absolute atomic E-state index is 13.9. The van der Waals surface area contributed by atoms with E-state index >= 15 is 0 Å². The van der Waals surface area contributed by atoms with Crippen molar-refractivity contribution in [3.05, 3.63) is 69.8 Å². The molecule has 20 heavy (non-hydrogen) atoms. The molecule has 0 aliphatic heterocycles. The maximum Gasteiger partial charge on any atom is 0.196 e. The van der Waals surface area contributed by atoms with Gasteiger partial charge in [0.2, 0.25) is 0 Å². The molecule has 0 saturated carbocycles. The van der Waals surface area contributed by atoms with Gasteiger partial charge in [-0.25, -0.2) is 8.78 Å². The van der Waals surface area contributed by atoms with Crippen molar-refractivity contribution < 1.29 is 13.6 Å². The number of ketones is 1. The molecule has 100 valence electrons. The van der Waals surface area contributed by atoms with Crippen molar-refractivity contribution in [3.63, 3.8) is 0 Å². The van der Waals surface area contributed by atoms with Gasteiger partial charge >= 0.3 is 0 Å². The second kappa shape index (κ2) is 4.83. The number of benzene rings is 2. The molecule has 0 radical (unpaired) electrons. The highest BCUT2D eigenvalue weighted by molar-refractivity contribution is 9.10. The third-order valence-electron chi connectivity index (χ3n) is 3.10. The van der Waals surface area contributed by atoms with Crippen molar-refractivity contribution in [1.82, 2.24) is 4.98 Å². The predicted molar refractivity (Wildman–Crippen MR) is 75.8 cm³/mol. The van der Waals surface area contributed by atoms with Gasteiger partial charge in [-0.15, -0.1) is 0 Å². The molecule has 2 aromatic carbocycles. The van der Waals surface area contributed by atoms with Gasteiger partial charge in [0, 0.05) is 22.7 Å². The van der Waals surface area contributed by atoms with Crippen LogP contribution in [-0.2, 0) is 0 Å². The molecule has 0 unspecified atom stereocenters. The lowest BCUT2D eigenvalue weighted by Crippen LogP contribution is -2.03. The van der Waals surface area contributed by atoms with E-state index in [-0.39, 0.29) is 21.0 Å². The van der Waals surface area contributed by atoms with Gasteiger partial charge in [0.25, 0.3) is 0 Å². The summed E-state index contributed by atoms with van der Waals surface area (Å²) in [6, 6.07) is 8.70. The Hall–Kier alpha value is -2.01. The van der Waals surface area contributed by atoms with Crippen LogP contribution in [0.15, 0.2) is 47.1 Å². The minimum Gasteiger partial charge on any atom is -0.360 e. The molecular weight excluding hydrogens is 328 g/mol. The summed E-state index contributed by atoms with van der Waals surface area (Å²) in [6.07, 6.45) is 1.44. The lowest BCUT2D eigenvalue weighted by Gasteiger charge is -2.04. The molecule has 1 N–H and O–H groups in total. The van der Waals surface area contributed by atoms with Crippen molar-refractivity contribution >= 4 is 32.6 Å². The van der Waals surface area contributed by atoms with E-state index < -0.39 is 17.4 Å². The number of fused-ring (bicyclic) bond motifs is 1. The normalized spacial score (nSPS) is 10.9. The van der Waals surface area contributed by atoms with Gasteiger partial charge in [-0.2, -0.15) is 0 Å². The Morgan fingerprint density at radius 3 is 2.50 bits per heavy atom. The third kappa shape index (κ3) is 1.94. The van der Waals surface area contributed by atoms with E-state index in [4.69, 9.17) is 0 Å². The van der Waals surface area contributed by atoms with Crippen LogP contribution in [0.2, 0.25) is 0 Å². The van der Waals surface area contributed by atoms with Crippen molar-refractivity contribution in [2.75, 3.05) is 0 Å². The Morgan fingerprint density at radius 1 is 1.00 bits per heavy atom. The first-order chi connectivity index (χ1) is 9.59. The van der Waals surface area contributed by atoms with Gasteiger partial charge in [-0.1, -0.05) is 12.1 Å². The topological polar surface area (TPSA) is 32.9 Å². The number of halogens is 3. The van der Waals surface area contributed by atoms with Crippen molar-refractivity contribution in [2.24, 2.45) is 0 Å². The number of aromatic amines is 1. The van der Waals surface area contributed by atoms with Crippen LogP contribution in [0.4, 0.5) is 8.78 Å². The van der Waals surface area contributed by atoms with Gasteiger partial charge in [0.1, 0.15) is 11.6 Å². The molecule has 0 saturated heterocycles. The van der Waals surface area contributed by atoms with E-state index in [0.717, 1.165) is 0 Å². The standard InChI is InChI=1S/C15H8BrF2NO/c16-14-8(3-1-5-11(14)18)15(20)9-7-19-12-6-2-4-10(17)13(9)12/h1-7,19H. The number of rotatable bonds is 2. The van der Waals surface area contributed by atoms with Gasteiger partial charge < -0.3 is 4.98 Å². The smallest absolute Gasteiger partial charge is 0.196 e. The SMILES string of the molecule is O=C(c1cccc(F)c1Br)c1c[nH]c2cccc(F)c12. The number of carbonyl (C=O) groups is 1. The molecule has 5 heteroatoms. The molecule has 0 aliphatic carbocycles. The van der Waals surface area contributed by atoms with E-state index in [1.807, 2.05) is 0 Å². The van der Waals surface area contributed by atoms with E-state index in [2.05, 4.69) is 20.9 Å². The molecule has 0 amide bonds. The predicted octanol–water partition coefficient (Wildman–Crippen LogP) is 4.44. The lowest BCUT2D eigenvalue weighted by atomic mass is 10.0. The molecule has 0 bridgehead atoms. The summed E-state index contributed by atoms with van der Waals surface area (Å²) in [7, 11) is 0. The molecule has 3 aromatic rings. The maximum atomic E-state index is 13.9. The third-order valence-corrected chi connectivity index (χ3v) is 3.90. The zero-order valence-corrected chi connectivity index (χ0v) is 11.7. The minimum atomic E-state index is -0.531. The Kier molecular flexibility index (Phi) is 3.14. The summed E-state index contributed by atoms with van der Waals surface area (Å²) in [5, 5.41) is 0.216. The molecule has 1 aromatic heterocycles. The van der Waals surface area contributed by atoms with Gasteiger partial charge in [0.05, 0.1) is 10.0 Å². The van der Waals surface area contributed by atoms with Gasteiger partial charge in [0.15, 0.2) is 5.78 Å². The molecule has 0 atom stereocenters. The number of hydrogen-bond acceptors (Lipinski definition) is 1. The first kappa shape index (κ1) is 13.0. The summed E-state index contributed by atoms with van der Waals surface area (Å²) in [5.74, 6) is -1.46. The van der Waals surface area contributed by atoms with Crippen LogP contribution in [-0.4, -0.2) is 10.8 Å². The van der Waals surface area contributed by atoms with Crippen LogP contribution >= 0.6 is 15.9 Å². The van der Waals surface area contributed by atoms with Gasteiger partial charge in [-0.05, 0) is 40.2 Å². The first-order valence-corrected chi connectivity index (χ1v) is 6.63. The Morgan fingerprint density at radius 2 is 1.70 bits per heavy atom. The van der Waals surface area contributed by atoms with Crippen LogP contribution in [0.3, 0.4) is 0 Å². The summed E-state index contributed by atoms with van der Waals surface area (Å²) in [4.78, 5) is 15.3. The Bertz CT molecular complexity index is 826. The van der Waals surface area contributed by atoms with Crippen LogP contribution in [0.1, 0.15) is 15.9 Å². The zero-order chi connectivity index (χ0) is 14.3. The summed E-state index contributed by atoms with van der Waals surface area (Å²) in [5.41, 5.74) is 0.874. The van der Waals surface area contributed by atoms with Crippen molar-refractivity contribution in [2.45, 2.75) is 0 Å². The number of aromatic nitrogens is 1. The second-order valence-electron chi connectivity index (χ2n) is 4.30. The summed E-state index contributed by atoms with van der Waals surface area (Å²) < 4.78 is 27.5. The van der Waals surface area contributed by atoms with Crippen molar-refractivity contribution in [3.8, 4) is 0 Å². The van der Waals surface area contributed by atoms with E-state index in [1.54, 1.807) is 12.1 Å². The Labute approximate surface area is 121 Å². The average Bonchev–Trinajstić information content (AvgIpc) is 2.86. The highest BCUT2D eigenvalue weighted by Crippen LogP contribution is 2.27. The van der Waals surface area contributed by atoms with Gasteiger partial charge in [-0.3, -0.25) is 4.79 Å². The van der Waals surface area contributed by atoms with Crippen molar-refractivity contribution in [1.29, 1.82) is 0 Å². The average molecular weight is 336 g/mol. The molecule has 1 heterocycles. The van der Waals surface area contributed by atoms with E-state index in [1.165, 1.54) is 30.5 Å². The molecule has 0 aliphatic rings. The molecule has 3 rings (SSSR count). The summed E-state index contributed by atoms with van der Waals surface area (Å²) >= 11 is 3.05. The quantitative estimate of drug-likeness (QED) is 0.690. The van der Waals surface area contributed by atoms with E-state index in [9.17, 15) is 13.6 Å². The number of H-pyrrole nitrogens is 1. The molecular formula is C15H8BrF2NO. The largest absolute Gasteiger partial charge is 0.360 e. The fraction of sp³-hybridized carbons (Fsp3) is 0. The first-order valence-electron chi connectivity index (χ1n) is 5.84. The van der Waals surface area contributed by atoms with E-state index in [0.29, 0.717) is 5.52 Å². The number of hydrogen-bond donors (Lipinski definition) is 1. The fourth-order valence-corrected chi connectivity index (χ4v) is 2.59. The number of nitrogens with one attached hydrogen (secondary N) is 1. The lowest BCUT2D eigenvalue weighted by molar-refractivity contribution is 0.103.